The molecule has 1 atom stereocenters. The molecule has 2 aliphatic heterocycles. The van der Waals surface area contributed by atoms with Gasteiger partial charge in [0.05, 0.1) is 11.3 Å². The monoisotopic (exact) mass is 281 g/mol. The maximum absolute atomic E-state index is 12.4. The molecule has 0 aliphatic carbocycles. The fraction of sp³-hybridized carbons (Fsp3) is 0.0667. The second-order valence-electron chi connectivity index (χ2n) is 4.86. The summed E-state index contributed by atoms with van der Waals surface area (Å²) in [6.07, 6.45) is 0. The van der Waals surface area contributed by atoms with E-state index in [1.165, 1.54) is 0 Å². The minimum Gasteiger partial charge on any atom is -0.456 e. The van der Waals surface area contributed by atoms with Crippen molar-refractivity contribution < 1.29 is 14.3 Å². The third-order valence-electron chi connectivity index (χ3n) is 3.62. The molecule has 2 amide bonds. The van der Waals surface area contributed by atoms with Crippen LogP contribution in [0.25, 0.3) is 0 Å². The molecule has 2 heterocycles. The topological polar surface area (TPSA) is 79.5 Å². The SMILES string of the molecule is O=C1NN[C@@]2(Oc3ccccc31)C(=O)Nc1ccccc12. The second kappa shape index (κ2) is 4.07. The van der Waals surface area contributed by atoms with Crippen LogP contribution in [0.2, 0.25) is 0 Å². The number of benzene rings is 2. The Bertz CT molecular complexity index is 774. The van der Waals surface area contributed by atoms with Gasteiger partial charge < -0.3 is 10.1 Å². The summed E-state index contributed by atoms with van der Waals surface area (Å²) in [6.45, 7) is 0. The highest BCUT2D eigenvalue weighted by Gasteiger charge is 2.51. The van der Waals surface area contributed by atoms with Crippen LogP contribution in [0.3, 0.4) is 0 Å². The average Bonchev–Trinajstić information content (AvgIpc) is 2.68. The molecule has 1 spiro atoms. The van der Waals surface area contributed by atoms with Gasteiger partial charge >= 0.3 is 0 Å². The number of fused-ring (bicyclic) bond motifs is 3. The van der Waals surface area contributed by atoms with Crippen molar-refractivity contribution in [2.75, 3.05) is 5.32 Å². The van der Waals surface area contributed by atoms with Crippen molar-refractivity contribution in [2.45, 2.75) is 5.72 Å². The molecule has 2 aliphatic rings. The molecule has 0 aromatic heterocycles. The summed E-state index contributed by atoms with van der Waals surface area (Å²) in [7, 11) is 0. The summed E-state index contributed by atoms with van der Waals surface area (Å²) in [5, 5.41) is 2.75. The zero-order valence-corrected chi connectivity index (χ0v) is 10.8. The Kier molecular flexibility index (Phi) is 2.31. The summed E-state index contributed by atoms with van der Waals surface area (Å²) in [5.74, 6) is -0.368. The van der Waals surface area contributed by atoms with Gasteiger partial charge in [0.2, 0.25) is 0 Å². The molecule has 6 heteroatoms. The predicted octanol–water partition coefficient (Wildman–Crippen LogP) is 1.12. The molecule has 2 aromatic carbocycles. The van der Waals surface area contributed by atoms with E-state index in [9.17, 15) is 9.59 Å². The molecule has 6 nitrogen and oxygen atoms in total. The first-order valence-corrected chi connectivity index (χ1v) is 6.47. The van der Waals surface area contributed by atoms with Gasteiger partial charge in [-0.3, -0.25) is 15.0 Å². The number of rotatable bonds is 0. The largest absolute Gasteiger partial charge is 0.456 e. The number of carbonyl (C=O) groups excluding carboxylic acids is 2. The van der Waals surface area contributed by atoms with Crippen molar-refractivity contribution in [3.05, 3.63) is 59.7 Å². The van der Waals surface area contributed by atoms with E-state index in [4.69, 9.17) is 4.74 Å². The first-order valence-electron chi connectivity index (χ1n) is 6.47. The summed E-state index contributed by atoms with van der Waals surface area (Å²) in [5.41, 5.74) is 5.46. The molecular formula is C15H11N3O3. The lowest BCUT2D eigenvalue weighted by Crippen LogP contribution is -2.57. The number of hydrogen-bond donors (Lipinski definition) is 3. The van der Waals surface area contributed by atoms with E-state index >= 15 is 0 Å². The lowest BCUT2D eigenvalue weighted by molar-refractivity contribution is -0.134. The van der Waals surface area contributed by atoms with E-state index in [-0.39, 0.29) is 11.8 Å². The molecule has 0 saturated carbocycles. The number of para-hydroxylation sites is 2. The normalized spacial score (nSPS) is 22.7. The van der Waals surface area contributed by atoms with Crippen LogP contribution >= 0.6 is 0 Å². The Hall–Kier alpha value is -2.86. The first kappa shape index (κ1) is 11.9. The van der Waals surface area contributed by atoms with Gasteiger partial charge in [-0.15, -0.1) is 0 Å². The van der Waals surface area contributed by atoms with Gasteiger partial charge in [-0.2, -0.15) is 5.43 Å². The molecule has 21 heavy (non-hydrogen) atoms. The van der Waals surface area contributed by atoms with Crippen LogP contribution in [0.4, 0.5) is 5.69 Å². The smallest absolute Gasteiger partial charge is 0.291 e. The maximum atomic E-state index is 12.4. The third-order valence-corrected chi connectivity index (χ3v) is 3.62. The average molecular weight is 281 g/mol. The van der Waals surface area contributed by atoms with Crippen LogP contribution in [0, 0.1) is 0 Å². The molecule has 0 saturated heterocycles. The molecule has 0 bridgehead atoms. The van der Waals surface area contributed by atoms with Crippen molar-refractivity contribution in [1.29, 1.82) is 0 Å². The molecule has 0 fully saturated rings. The summed E-state index contributed by atoms with van der Waals surface area (Å²) in [6, 6.07) is 14.0. The number of ether oxygens (including phenoxy) is 1. The molecule has 2 aromatic rings. The number of carbonyl (C=O) groups is 2. The van der Waals surface area contributed by atoms with Crippen LogP contribution < -0.4 is 20.9 Å². The Morgan fingerprint density at radius 2 is 1.71 bits per heavy atom. The fourth-order valence-corrected chi connectivity index (χ4v) is 2.60. The summed E-state index contributed by atoms with van der Waals surface area (Å²) >= 11 is 0. The van der Waals surface area contributed by atoms with Crippen LogP contribution in [0.5, 0.6) is 5.75 Å². The van der Waals surface area contributed by atoms with E-state index in [0.29, 0.717) is 22.6 Å². The Morgan fingerprint density at radius 3 is 2.62 bits per heavy atom. The van der Waals surface area contributed by atoms with Gasteiger partial charge in [0, 0.05) is 5.56 Å². The second-order valence-corrected chi connectivity index (χ2v) is 4.86. The van der Waals surface area contributed by atoms with Crippen molar-refractivity contribution in [2.24, 2.45) is 0 Å². The van der Waals surface area contributed by atoms with Crippen LogP contribution in [-0.2, 0) is 10.5 Å². The number of nitrogens with one attached hydrogen (secondary N) is 3. The minimum absolute atomic E-state index is 0.348. The highest BCUT2D eigenvalue weighted by molar-refractivity contribution is 6.06. The van der Waals surface area contributed by atoms with Gasteiger partial charge in [-0.05, 0) is 18.2 Å². The van der Waals surface area contributed by atoms with E-state index in [1.54, 1.807) is 36.4 Å². The van der Waals surface area contributed by atoms with Gasteiger partial charge in [0.25, 0.3) is 17.5 Å². The molecule has 0 radical (unpaired) electrons. The molecule has 104 valence electrons. The van der Waals surface area contributed by atoms with Gasteiger partial charge in [0.1, 0.15) is 5.75 Å². The number of anilines is 1. The standard InChI is InChI=1S/C15H11N3O3/c19-13-9-5-1-4-8-12(9)21-15(18-17-13)10-6-2-3-7-11(10)16-14(15)20/h1-8,18H,(H,16,20)(H,17,19)/t15-/m0/s1. The quantitative estimate of drug-likeness (QED) is 0.676. The highest BCUT2D eigenvalue weighted by atomic mass is 16.5. The zero-order valence-electron chi connectivity index (χ0n) is 10.8. The Labute approximate surface area is 120 Å². The van der Waals surface area contributed by atoms with Crippen molar-refractivity contribution in [3.63, 3.8) is 0 Å². The molecule has 4 rings (SSSR count). The van der Waals surface area contributed by atoms with Crippen molar-refractivity contribution in [3.8, 4) is 5.75 Å². The van der Waals surface area contributed by atoms with Gasteiger partial charge in [0.15, 0.2) is 0 Å². The maximum Gasteiger partial charge on any atom is 0.291 e. The summed E-state index contributed by atoms with van der Waals surface area (Å²) in [4.78, 5) is 24.5. The Balaban J connectivity index is 1.91. The van der Waals surface area contributed by atoms with Crippen molar-refractivity contribution >= 4 is 17.5 Å². The van der Waals surface area contributed by atoms with Crippen molar-refractivity contribution in [1.82, 2.24) is 10.9 Å². The molecular weight excluding hydrogens is 270 g/mol. The summed E-state index contributed by atoms with van der Waals surface area (Å²) < 4.78 is 5.91. The van der Waals surface area contributed by atoms with Crippen LogP contribution in [0.1, 0.15) is 15.9 Å². The zero-order chi connectivity index (χ0) is 14.4. The predicted molar refractivity (Wildman–Crippen MR) is 74.4 cm³/mol. The number of amides is 2. The van der Waals surface area contributed by atoms with E-state index in [2.05, 4.69) is 16.2 Å². The van der Waals surface area contributed by atoms with Crippen LogP contribution in [-0.4, -0.2) is 11.8 Å². The lowest BCUT2D eigenvalue weighted by atomic mass is 10.0. The van der Waals surface area contributed by atoms with E-state index < -0.39 is 5.72 Å². The number of hydrazine groups is 1. The van der Waals surface area contributed by atoms with Gasteiger partial charge in [-0.25, -0.2) is 0 Å². The number of hydrogen-bond acceptors (Lipinski definition) is 4. The molecule has 3 N–H and O–H groups in total. The molecule has 0 unspecified atom stereocenters. The van der Waals surface area contributed by atoms with E-state index in [0.717, 1.165) is 0 Å². The van der Waals surface area contributed by atoms with Gasteiger partial charge in [-0.1, -0.05) is 30.3 Å². The third kappa shape index (κ3) is 1.56. The first-order chi connectivity index (χ1) is 10.2. The lowest BCUT2D eigenvalue weighted by Gasteiger charge is -2.27. The van der Waals surface area contributed by atoms with E-state index in [1.807, 2.05) is 12.1 Å². The Morgan fingerprint density at radius 1 is 0.952 bits per heavy atom. The van der Waals surface area contributed by atoms with Crippen LogP contribution in [0.15, 0.2) is 48.5 Å². The highest BCUT2D eigenvalue weighted by Crippen LogP contribution is 2.39. The minimum atomic E-state index is -1.46. The fourth-order valence-electron chi connectivity index (χ4n) is 2.60.